The zero-order chi connectivity index (χ0) is 15.7. The van der Waals surface area contributed by atoms with Gasteiger partial charge in [-0.05, 0) is 18.9 Å². The number of rotatable bonds is 2. The predicted molar refractivity (Wildman–Crippen MR) is 75.7 cm³/mol. The molecule has 1 saturated heterocycles. The van der Waals surface area contributed by atoms with E-state index < -0.39 is 11.7 Å². The summed E-state index contributed by atoms with van der Waals surface area (Å²) in [7, 11) is 0. The van der Waals surface area contributed by atoms with E-state index >= 15 is 0 Å². The quantitative estimate of drug-likeness (QED) is 0.896. The summed E-state index contributed by atoms with van der Waals surface area (Å²) >= 11 is 0. The van der Waals surface area contributed by atoms with Crippen LogP contribution in [0.2, 0.25) is 0 Å². The highest BCUT2D eigenvalue weighted by atomic mass is 35.5. The van der Waals surface area contributed by atoms with Crippen molar-refractivity contribution in [3.05, 3.63) is 29.9 Å². The van der Waals surface area contributed by atoms with Crippen LogP contribution in [0.1, 0.15) is 30.4 Å². The third kappa shape index (κ3) is 3.98. The van der Waals surface area contributed by atoms with Crippen molar-refractivity contribution in [3.8, 4) is 11.5 Å². The maximum Gasteiger partial charge on any atom is 0.417 e. The number of halogens is 4. The van der Waals surface area contributed by atoms with E-state index in [2.05, 4.69) is 15.2 Å². The van der Waals surface area contributed by atoms with E-state index in [9.17, 15) is 13.2 Å². The van der Waals surface area contributed by atoms with Crippen molar-refractivity contribution >= 4 is 12.4 Å². The molecule has 0 amide bonds. The van der Waals surface area contributed by atoms with Gasteiger partial charge >= 0.3 is 6.18 Å². The number of aromatic nitrogens is 3. The Labute approximate surface area is 135 Å². The van der Waals surface area contributed by atoms with Gasteiger partial charge in [-0.25, -0.2) is 0 Å². The highest BCUT2D eigenvalue weighted by Gasteiger charge is 2.32. The van der Waals surface area contributed by atoms with Crippen molar-refractivity contribution in [2.24, 2.45) is 5.73 Å². The lowest BCUT2D eigenvalue weighted by Crippen LogP contribution is -2.32. The normalized spacial score (nSPS) is 21.7. The minimum atomic E-state index is -4.48. The first-order valence-electron chi connectivity index (χ1n) is 6.66. The second-order valence-corrected chi connectivity index (χ2v) is 5.06. The fraction of sp³-hybridized carbons (Fsp3) is 0.462. The van der Waals surface area contributed by atoms with Gasteiger partial charge in [0.2, 0.25) is 11.8 Å². The topological polar surface area (TPSA) is 87.1 Å². The third-order valence-corrected chi connectivity index (χ3v) is 3.34. The molecule has 2 aromatic heterocycles. The molecule has 1 aliphatic rings. The monoisotopic (exact) mass is 350 g/mol. The van der Waals surface area contributed by atoms with Crippen LogP contribution in [0.4, 0.5) is 13.2 Å². The summed E-state index contributed by atoms with van der Waals surface area (Å²) in [5.41, 5.74) is 4.96. The SMILES string of the molecule is Cl.N[C@@H]1CC[C@@H](c2nnc(-c3cncc(C(F)(F)F)c3)o2)OC1. The number of hydrogen-bond acceptors (Lipinski definition) is 6. The molecule has 2 aromatic rings. The zero-order valence-corrected chi connectivity index (χ0v) is 12.6. The summed E-state index contributed by atoms with van der Waals surface area (Å²) in [5, 5.41) is 7.61. The molecule has 6 nitrogen and oxygen atoms in total. The fourth-order valence-electron chi connectivity index (χ4n) is 2.16. The van der Waals surface area contributed by atoms with Gasteiger partial charge in [0.25, 0.3) is 0 Å². The number of nitrogens with two attached hydrogens (primary N) is 1. The molecule has 1 fully saturated rings. The van der Waals surface area contributed by atoms with E-state index in [0.717, 1.165) is 18.7 Å². The van der Waals surface area contributed by atoms with E-state index in [1.807, 2.05) is 0 Å². The van der Waals surface area contributed by atoms with Crippen molar-refractivity contribution in [1.82, 2.24) is 15.2 Å². The maximum absolute atomic E-state index is 12.7. The highest BCUT2D eigenvalue weighted by Crippen LogP contribution is 2.32. The van der Waals surface area contributed by atoms with Crippen LogP contribution in [-0.4, -0.2) is 27.8 Å². The van der Waals surface area contributed by atoms with Crippen LogP contribution in [0.15, 0.2) is 22.9 Å². The van der Waals surface area contributed by atoms with Gasteiger partial charge in [0.15, 0.2) is 0 Å². The molecule has 3 heterocycles. The minimum absolute atomic E-state index is 0. The average Bonchev–Trinajstić information content (AvgIpc) is 2.97. The molecule has 0 aliphatic carbocycles. The Bertz CT molecular complexity index is 657. The van der Waals surface area contributed by atoms with Crippen molar-refractivity contribution in [2.75, 3.05) is 6.61 Å². The van der Waals surface area contributed by atoms with Crippen LogP contribution in [0.25, 0.3) is 11.5 Å². The van der Waals surface area contributed by atoms with Crippen LogP contribution in [0.3, 0.4) is 0 Å². The Balaban J connectivity index is 0.00000192. The molecule has 2 atom stereocenters. The lowest BCUT2D eigenvalue weighted by Gasteiger charge is -2.24. The van der Waals surface area contributed by atoms with E-state index in [1.54, 1.807) is 0 Å². The Hall–Kier alpha value is -1.71. The molecule has 23 heavy (non-hydrogen) atoms. The fourth-order valence-corrected chi connectivity index (χ4v) is 2.16. The Morgan fingerprint density at radius 2 is 1.96 bits per heavy atom. The van der Waals surface area contributed by atoms with Crippen LogP contribution >= 0.6 is 12.4 Å². The number of ether oxygens (including phenoxy) is 1. The summed E-state index contributed by atoms with van der Waals surface area (Å²) < 4.78 is 48.9. The van der Waals surface area contributed by atoms with E-state index in [4.69, 9.17) is 14.9 Å². The Kier molecular flexibility index (Phi) is 5.23. The van der Waals surface area contributed by atoms with Crippen LogP contribution in [0, 0.1) is 0 Å². The standard InChI is InChI=1S/C13H13F3N4O2.ClH/c14-13(15,16)8-3-7(4-18-5-8)11-19-20-12(22-11)10-2-1-9(17)6-21-10;/h3-5,9-10H,1-2,6,17H2;1H/t9-,10+;/m1./s1. The molecule has 0 aromatic carbocycles. The third-order valence-electron chi connectivity index (χ3n) is 3.34. The van der Waals surface area contributed by atoms with Gasteiger partial charge in [-0.15, -0.1) is 22.6 Å². The second-order valence-electron chi connectivity index (χ2n) is 5.06. The smallest absolute Gasteiger partial charge is 0.417 e. The molecule has 0 unspecified atom stereocenters. The van der Waals surface area contributed by atoms with Crippen LogP contribution in [-0.2, 0) is 10.9 Å². The van der Waals surface area contributed by atoms with Crippen molar-refractivity contribution in [2.45, 2.75) is 31.2 Å². The molecular weight excluding hydrogens is 337 g/mol. The Morgan fingerprint density at radius 3 is 2.61 bits per heavy atom. The molecule has 3 rings (SSSR count). The lowest BCUT2D eigenvalue weighted by atomic mass is 10.1. The first kappa shape index (κ1) is 17.6. The summed E-state index contributed by atoms with van der Waals surface area (Å²) in [4.78, 5) is 3.56. The predicted octanol–water partition coefficient (Wildman–Crippen LogP) is 2.75. The number of alkyl halides is 3. The molecule has 0 bridgehead atoms. The minimum Gasteiger partial charge on any atom is -0.418 e. The van der Waals surface area contributed by atoms with Gasteiger partial charge in [-0.3, -0.25) is 4.98 Å². The van der Waals surface area contributed by atoms with Crippen LogP contribution < -0.4 is 5.73 Å². The molecule has 10 heteroatoms. The molecular formula is C13H14ClF3N4O2. The summed E-state index contributed by atoms with van der Waals surface area (Å²) in [6.07, 6.45) is -1.48. The van der Waals surface area contributed by atoms with Gasteiger partial charge < -0.3 is 14.9 Å². The first-order chi connectivity index (χ1) is 10.4. The molecule has 2 N–H and O–H groups in total. The largest absolute Gasteiger partial charge is 0.418 e. The number of nitrogens with zero attached hydrogens (tertiary/aromatic N) is 3. The van der Waals surface area contributed by atoms with Crippen molar-refractivity contribution < 1.29 is 22.3 Å². The number of pyridine rings is 1. The summed E-state index contributed by atoms with van der Waals surface area (Å²) in [5.74, 6) is 0.214. The molecule has 0 saturated carbocycles. The van der Waals surface area contributed by atoms with Gasteiger partial charge in [-0.1, -0.05) is 0 Å². The van der Waals surface area contributed by atoms with Crippen LogP contribution in [0.5, 0.6) is 0 Å². The maximum atomic E-state index is 12.7. The Morgan fingerprint density at radius 1 is 1.17 bits per heavy atom. The van der Waals surface area contributed by atoms with Crippen molar-refractivity contribution in [1.29, 1.82) is 0 Å². The molecule has 1 aliphatic heterocycles. The molecule has 126 valence electrons. The van der Waals surface area contributed by atoms with Crippen molar-refractivity contribution in [3.63, 3.8) is 0 Å². The first-order valence-corrected chi connectivity index (χ1v) is 6.66. The van der Waals surface area contributed by atoms with Gasteiger partial charge in [-0.2, -0.15) is 13.2 Å². The summed E-state index contributed by atoms with van der Waals surface area (Å²) in [6.45, 7) is 0.382. The molecule has 0 radical (unpaired) electrons. The highest BCUT2D eigenvalue weighted by molar-refractivity contribution is 5.85. The van der Waals surface area contributed by atoms with E-state index in [-0.39, 0.29) is 41.9 Å². The molecule has 0 spiro atoms. The van der Waals surface area contributed by atoms with E-state index in [0.29, 0.717) is 13.0 Å². The lowest BCUT2D eigenvalue weighted by molar-refractivity contribution is -0.137. The van der Waals surface area contributed by atoms with E-state index in [1.165, 1.54) is 6.20 Å². The summed E-state index contributed by atoms with van der Waals surface area (Å²) in [6, 6.07) is 0.897. The zero-order valence-electron chi connectivity index (χ0n) is 11.8. The average molecular weight is 351 g/mol. The van der Waals surface area contributed by atoms with Gasteiger partial charge in [0.05, 0.1) is 17.7 Å². The van der Waals surface area contributed by atoms with Gasteiger partial charge in [0, 0.05) is 18.4 Å². The number of hydrogen-bond donors (Lipinski definition) is 1. The van der Waals surface area contributed by atoms with Gasteiger partial charge in [0.1, 0.15) is 6.10 Å². The second kappa shape index (κ2) is 6.81.